The Morgan fingerprint density at radius 3 is 2.81 bits per heavy atom. The van der Waals surface area contributed by atoms with E-state index in [0.717, 1.165) is 65.2 Å². The number of pyridine rings is 1. The molecule has 0 radical (unpaired) electrons. The highest BCUT2D eigenvalue weighted by atomic mass is 19.1. The minimum absolute atomic E-state index is 0.0501. The molecule has 6 heterocycles. The normalized spacial score (nSPS) is 22.1. The van der Waals surface area contributed by atoms with E-state index in [0.29, 0.717) is 52.9 Å². The van der Waals surface area contributed by atoms with Crippen molar-refractivity contribution in [3.63, 3.8) is 0 Å². The summed E-state index contributed by atoms with van der Waals surface area (Å²) < 4.78 is 26.5. The Balaban J connectivity index is 1.36. The molecule has 6 aromatic rings. The fourth-order valence-electron chi connectivity index (χ4n) is 8.53. The molecule has 0 spiro atoms. The minimum Gasteiger partial charge on any atom is -0.508 e. The first-order valence-corrected chi connectivity index (χ1v) is 16.8. The maximum atomic E-state index is 17.6. The Morgan fingerprint density at radius 1 is 1.17 bits per heavy atom. The van der Waals surface area contributed by atoms with Crippen molar-refractivity contribution in [1.82, 2.24) is 30.0 Å². The quantitative estimate of drug-likeness (QED) is 0.169. The van der Waals surface area contributed by atoms with Gasteiger partial charge in [0.15, 0.2) is 5.82 Å². The molecular weight excluding hydrogens is 605 g/mol. The summed E-state index contributed by atoms with van der Waals surface area (Å²) in [5, 5.41) is 34.5. The van der Waals surface area contributed by atoms with Gasteiger partial charge in [-0.25, -0.2) is 9.37 Å². The van der Waals surface area contributed by atoms with Gasteiger partial charge in [0, 0.05) is 59.5 Å². The lowest BCUT2D eigenvalue weighted by Crippen LogP contribution is -2.38. The smallest absolute Gasteiger partial charge is 0.224 e. The van der Waals surface area contributed by atoms with Crippen molar-refractivity contribution >= 4 is 32.6 Å². The van der Waals surface area contributed by atoms with Crippen LogP contribution in [-0.4, -0.2) is 68.6 Å². The Kier molecular flexibility index (Phi) is 6.88. The number of ether oxygens (including phenoxy) is 1. The summed E-state index contributed by atoms with van der Waals surface area (Å²) in [6.07, 6.45) is 9.68. The molecule has 10 heteroatoms. The van der Waals surface area contributed by atoms with Gasteiger partial charge in [0.1, 0.15) is 17.9 Å². The third-order valence-electron chi connectivity index (χ3n) is 11.0. The zero-order valence-corrected chi connectivity index (χ0v) is 26.7. The fourth-order valence-corrected chi connectivity index (χ4v) is 8.53. The van der Waals surface area contributed by atoms with Crippen LogP contribution in [0.3, 0.4) is 0 Å². The second-order valence-electron chi connectivity index (χ2n) is 13.7. The van der Waals surface area contributed by atoms with Crippen LogP contribution in [0.4, 0.5) is 4.39 Å². The molecule has 4 aliphatic rings. The standard InChI is InChI=1S/C38H36FN7O2/c1-45-11-5-8-25(45)20-48-38-33-30(24-17-42-43-18-24)19-46(36-23-14-31(36)41-16-23)37(33)29-13-22(7-4-10-40)32(34(39)35(29)44-38)28-15-26(47)12-21-6-2-3-9-27(21)28/h2-3,6,9,12-13,15,17-19,23,25,31,36,41,47H,4-5,7-8,11,14,16,20H2,1H3,(H,42,43)/t23?,25-,31?,36?/m0/s1. The molecule has 3 unspecified atom stereocenters. The van der Waals surface area contributed by atoms with E-state index in [4.69, 9.17) is 9.72 Å². The predicted molar refractivity (Wildman–Crippen MR) is 183 cm³/mol. The van der Waals surface area contributed by atoms with Crippen LogP contribution in [0, 0.1) is 23.1 Å². The lowest BCUT2D eigenvalue weighted by atomic mass is 9.80. The van der Waals surface area contributed by atoms with E-state index in [-0.39, 0.29) is 29.8 Å². The Labute approximate surface area is 276 Å². The van der Waals surface area contributed by atoms with E-state index in [9.17, 15) is 10.4 Å². The molecule has 2 bridgehead atoms. The van der Waals surface area contributed by atoms with Crippen LogP contribution in [-0.2, 0) is 6.42 Å². The molecule has 9 nitrogen and oxygen atoms in total. The Hall–Kier alpha value is -4.98. The molecule has 48 heavy (non-hydrogen) atoms. The van der Waals surface area contributed by atoms with E-state index in [2.05, 4.69) is 44.3 Å². The van der Waals surface area contributed by atoms with Gasteiger partial charge < -0.3 is 24.6 Å². The topological polar surface area (TPSA) is 115 Å². The zero-order valence-electron chi connectivity index (χ0n) is 26.7. The molecule has 1 saturated carbocycles. The van der Waals surface area contributed by atoms with Crippen molar-refractivity contribution in [3.05, 3.63) is 72.4 Å². The number of aryl methyl sites for hydroxylation is 1. The number of aromatic nitrogens is 4. The van der Waals surface area contributed by atoms with Gasteiger partial charge in [0.2, 0.25) is 5.88 Å². The largest absolute Gasteiger partial charge is 0.508 e. The molecule has 3 aromatic heterocycles. The van der Waals surface area contributed by atoms with Crippen LogP contribution >= 0.6 is 0 Å². The zero-order chi connectivity index (χ0) is 32.5. The summed E-state index contributed by atoms with van der Waals surface area (Å²) >= 11 is 0. The average molecular weight is 642 g/mol. The number of nitrogens with zero attached hydrogens (tertiary/aromatic N) is 5. The van der Waals surface area contributed by atoms with Crippen LogP contribution in [0.5, 0.6) is 11.6 Å². The number of benzene rings is 3. The van der Waals surface area contributed by atoms with Crippen molar-refractivity contribution in [2.75, 3.05) is 26.7 Å². The third kappa shape index (κ3) is 4.49. The number of rotatable bonds is 8. The highest BCUT2D eigenvalue weighted by Gasteiger charge is 2.48. The first-order valence-electron chi connectivity index (χ1n) is 16.8. The number of phenolic OH excluding ortho intramolecular Hbond substituents is 1. The molecule has 0 amide bonds. The van der Waals surface area contributed by atoms with Crippen molar-refractivity contribution < 1.29 is 14.2 Å². The third-order valence-corrected chi connectivity index (χ3v) is 11.0. The van der Waals surface area contributed by atoms with Crippen LogP contribution in [0.15, 0.2) is 61.1 Å². The maximum Gasteiger partial charge on any atom is 0.224 e. The molecular formula is C38H36FN7O2. The van der Waals surface area contributed by atoms with Gasteiger partial charge in [0.25, 0.3) is 0 Å². The molecule has 242 valence electrons. The summed E-state index contributed by atoms with van der Waals surface area (Å²) in [5.74, 6) is 0.452. The highest BCUT2D eigenvalue weighted by Crippen LogP contribution is 2.50. The molecule has 3 aromatic carbocycles. The SMILES string of the molecule is CN1CCC[C@H]1COc1nc2c(F)c(-c3cc(O)cc4ccccc34)c(CCC#N)cc2c2c1c(-c1cn[nH]c1)cn2C1C2CNC1C2. The second kappa shape index (κ2) is 11.3. The van der Waals surface area contributed by atoms with Crippen LogP contribution < -0.4 is 10.1 Å². The number of halogens is 1. The van der Waals surface area contributed by atoms with Gasteiger partial charge >= 0.3 is 0 Å². The fraction of sp³-hybridized carbons (Fsp3) is 0.342. The van der Waals surface area contributed by atoms with Crippen LogP contribution in [0.25, 0.3) is 54.8 Å². The van der Waals surface area contributed by atoms with Gasteiger partial charge in [-0.15, -0.1) is 0 Å². The number of likely N-dealkylation sites (tertiary alicyclic amines) is 1. The minimum atomic E-state index is -0.478. The van der Waals surface area contributed by atoms with E-state index in [1.165, 1.54) is 0 Å². The molecule has 1 aliphatic carbocycles. The first-order chi connectivity index (χ1) is 23.5. The molecule has 4 atom stereocenters. The van der Waals surface area contributed by atoms with Crippen molar-refractivity contribution in [2.45, 2.75) is 50.2 Å². The Morgan fingerprint density at radius 2 is 2.06 bits per heavy atom. The number of nitriles is 1. The van der Waals surface area contributed by atoms with Gasteiger partial charge in [-0.05, 0) is 85.3 Å². The molecule has 4 fully saturated rings. The van der Waals surface area contributed by atoms with E-state index < -0.39 is 5.82 Å². The average Bonchev–Trinajstić information content (AvgIpc) is 3.93. The second-order valence-corrected chi connectivity index (χ2v) is 13.7. The summed E-state index contributed by atoms with van der Waals surface area (Å²) in [4.78, 5) is 7.35. The molecule has 3 saturated heterocycles. The van der Waals surface area contributed by atoms with Gasteiger partial charge in [0.05, 0.1) is 29.2 Å². The molecule has 3 aliphatic heterocycles. The van der Waals surface area contributed by atoms with Crippen LogP contribution in [0.2, 0.25) is 0 Å². The number of hydrogen-bond acceptors (Lipinski definition) is 7. The summed E-state index contributed by atoms with van der Waals surface area (Å²) in [7, 11) is 2.12. The highest BCUT2D eigenvalue weighted by molar-refractivity contribution is 6.14. The molecule has 10 rings (SSSR count). The van der Waals surface area contributed by atoms with E-state index in [1.54, 1.807) is 18.3 Å². The molecule has 3 N–H and O–H groups in total. The van der Waals surface area contributed by atoms with E-state index in [1.807, 2.05) is 36.5 Å². The van der Waals surface area contributed by atoms with Gasteiger partial charge in [-0.2, -0.15) is 10.4 Å². The number of phenols is 1. The van der Waals surface area contributed by atoms with Crippen molar-refractivity contribution in [3.8, 4) is 40.0 Å². The lowest BCUT2D eigenvalue weighted by Gasteiger charge is -2.36. The maximum absolute atomic E-state index is 17.6. The van der Waals surface area contributed by atoms with Gasteiger partial charge in [-0.1, -0.05) is 24.3 Å². The summed E-state index contributed by atoms with van der Waals surface area (Å²) in [6.45, 7) is 2.42. The van der Waals surface area contributed by atoms with Crippen LogP contribution in [0.1, 0.15) is 37.3 Å². The van der Waals surface area contributed by atoms with Gasteiger partial charge in [-0.3, -0.25) is 5.10 Å². The number of aromatic hydroxyl groups is 1. The number of hydrogen-bond donors (Lipinski definition) is 3. The number of nitrogens with one attached hydrogen (secondary N) is 2. The van der Waals surface area contributed by atoms with Crippen molar-refractivity contribution in [2.24, 2.45) is 5.92 Å². The number of fused-ring (bicyclic) bond motifs is 5. The number of likely N-dealkylation sites (N-methyl/N-ethyl adjacent to an activating group) is 1. The first kappa shape index (κ1) is 29.2. The van der Waals surface area contributed by atoms with E-state index >= 15 is 4.39 Å². The van der Waals surface area contributed by atoms with Crippen molar-refractivity contribution in [1.29, 1.82) is 5.26 Å². The predicted octanol–water partition coefficient (Wildman–Crippen LogP) is 6.71. The number of H-pyrrole nitrogens is 1. The Bertz CT molecular complexity index is 2240. The summed E-state index contributed by atoms with van der Waals surface area (Å²) in [5.41, 5.74) is 4.60. The monoisotopic (exact) mass is 641 g/mol. The number of aromatic amines is 1. The summed E-state index contributed by atoms with van der Waals surface area (Å²) in [6, 6.07) is 16.0. The lowest BCUT2D eigenvalue weighted by molar-refractivity contribution is 0.195.